The van der Waals surface area contributed by atoms with E-state index < -0.39 is 0 Å². The zero-order valence-corrected chi connectivity index (χ0v) is 8.35. The number of nitrogens with zero attached hydrogens (tertiary/aromatic N) is 3. The van der Waals surface area contributed by atoms with Crippen LogP contribution in [0.3, 0.4) is 0 Å². The van der Waals surface area contributed by atoms with E-state index in [4.69, 9.17) is 0 Å². The van der Waals surface area contributed by atoms with E-state index in [-0.39, 0.29) is 0 Å². The summed E-state index contributed by atoms with van der Waals surface area (Å²) in [5, 5.41) is 3.35. The predicted molar refractivity (Wildman–Crippen MR) is 57.2 cm³/mol. The van der Waals surface area contributed by atoms with E-state index in [1.165, 1.54) is 11.4 Å². The molecule has 1 aliphatic heterocycles. The van der Waals surface area contributed by atoms with Gasteiger partial charge in [0.2, 0.25) is 0 Å². The molecular weight excluding hydrogens is 188 g/mol. The topological polar surface area (TPSA) is 42.7 Å². The van der Waals surface area contributed by atoms with E-state index in [0.717, 1.165) is 25.3 Å². The van der Waals surface area contributed by atoms with Gasteiger partial charge in [-0.15, -0.1) is 0 Å². The van der Waals surface area contributed by atoms with Crippen LogP contribution in [0.1, 0.15) is 5.69 Å². The number of hydrogen-bond acceptors (Lipinski definition) is 3. The molecule has 76 valence electrons. The Morgan fingerprint density at radius 3 is 3.13 bits per heavy atom. The first-order valence-corrected chi connectivity index (χ1v) is 5.10. The third-order valence-corrected chi connectivity index (χ3v) is 2.73. The molecule has 0 aliphatic carbocycles. The molecule has 0 bridgehead atoms. The first kappa shape index (κ1) is 8.61. The summed E-state index contributed by atoms with van der Waals surface area (Å²) < 4.78 is 2.32. The first-order chi connectivity index (χ1) is 7.45. The maximum Gasteiger partial charge on any atom is 0.116 e. The minimum absolute atomic E-state index is 0.949. The Balaban J connectivity index is 2.09. The molecule has 0 amide bonds. The third kappa shape index (κ3) is 1.43. The molecule has 1 aliphatic rings. The SMILES string of the molecule is c1cc(-c2ccc3n2CCNC3)ncn1. The standard InChI is InChI=1S/C11H12N4/c1-2-11(10-3-4-13-8-14-10)15-6-5-12-7-9(1)15/h1-4,8,12H,5-7H2. The van der Waals surface area contributed by atoms with Gasteiger partial charge in [0.1, 0.15) is 6.33 Å². The second kappa shape index (κ2) is 3.47. The third-order valence-electron chi connectivity index (χ3n) is 2.73. The van der Waals surface area contributed by atoms with Gasteiger partial charge in [-0.25, -0.2) is 9.97 Å². The van der Waals surface area contributed by atoms with Crippen LogP contribution in [-0.2, 0) is 13.1 Å². The Labute approximate surface area is 88.0 Å². The Morgan fingerprint density at radius 1 is 1.27 bits per heavy atom. The molecule has 0 unspecified atom stereocenters. The van der Waals surface area contributed by atoms with Crippen LogP contribution in [0.2, 0.25) is 0 Å². The van der Waals surface area contributed by atoms with Crippen LogP contribution in [0.25, 0.3) is 11.4 Å². The summed E-state index contributed by atoms with van der Waals surface area (Å²) in [7, 11) is 0. The fraction of sp³-hybridized carbons (Fsp3) is 0.273. The molecular formula is C11H12N4. The molecule has 3 rings (SSSR count). The average molecular weight is 200 g/mol. The first-order valence-electron chi connectivity index (χ1n) is 5.10. The van der Waals surface area contributed by atoms with Crippen LogP contribution >= 0.6 is 0 Å². The molecule has 0 spiro atoms. The molecule has 0 radical (unpaired) electrons. The Hall–Kier alpha value is -1.68. The Kier molecular flexibility index (Phi) is 1.99. The molecule has 4 nitrogen and oxygen atoms in total. The van der Waals surface area contributed by atoms with Crippen molar-refractivity contribution in [3.63, 3.8) is 0 Å². The van der Waals surface area contributed by atoms with Crippen molar-refractivity contribution >= 4 is 0 Å². The van der Waals surface area contributed by atoms with Crippen molar-refractivity contribution in [1.29, 1.82) is 0 Å². The van der Waals surface area contributed by atoms with Crippen molar-refractivity contribution in [2.75, 3.05) is 6.54 Å². The van der Waals surface area contributed by atoms with Gasteiger partial charge >= 0.3 is 0 Å². The van der Waals surface area contributed by atoms with Gasteiger partial charge < -0.3 is 9.88 Å². The van der Waals surface area contributed by atoms with Gasteiger partial charge in [-0.05, 0) is 18.2 Å². The fourth-order valence-electron chi connectivity index (χ4n) is 2.00. The van der Waals surface area contributed by atoms with Crippen LogP contribution in [0, 0.1) is 0 Å². The van der Waals surface area contributed by atoms with Crippen molar-refractivity contribution < 1.29 is 0 Å². The largest absolute Gasteiger partial charge is 0.341 e. The van der Waals surface area contributed by atoms with Gasteiger partial charge in [-0.1, -0.05) is 0 Å². The highest BCUT2D eigenvalue weighted by molar-refractivity contribution is 5.55. The molecule has 2 aromatic rings. The summed E-state index contributed by atoms with van der Waals surface area (Å²) in [6, 6.07) is 6.24. The number of aromatic nitrogens is 3. The molecule has 0 aromatic carbocycles. The Bertz CT molecular complexity index is 461. The van der Waals surface area contributed by atoms with Gasteiger partial charge in [0, 0.05) is 31.5 Å². The molecule has 0 saturated heterocycles. The molecule has 4 heteroatoms. The molecule has 1 N–H and O–H groups in total. The monoisotopic (exact) mass is 200 g/mol. The minimum Gasteiger partial charge on any atom is -0.341 e. The molecule has 3 heterocycles. The summed E-state index contributed by atoms with van der Waals surface area (Å²) in [5.41, 5.74) is 3.52. The highest BCUT2D eigenvalue weighted by Gasteiger charge is 2.13. The van der Waals surface area contributed by atoms with Crippen LogP contribution in [-0.4, -0.2) is 21.1 Å². The molecule has 15 heavy (non-hydrogen) atoms. The van der Waals surface area contributed by atoms with Gasteiger partial charge in [-0.3, -0.25) is 0 Å². The van der Waals surface area contributed by atoms with Gasteiger partial charge in [0.05, 0.1) is 11.4 Å². The molecule has 0 atom stereocenters. The van der Waals surface area contributed by atoms with Crippen LogP contribution in [0.4, 0.5) is 0 Å². The van der Waals surface area contributed by atoms with Crippen molar-refractivity contribution in [1.82, 2.24) is 19.9 Å². The maximum absolute atomic E-state index is 4.28. The van der Waals surface area contributed by atoms with Gasteiger partial charge in [0.25, 0.3) is 0 Å². The zero-order valence-electron chi connectivity index (χ0n) is 8.35. The number of fused-ring (bicyclic) bond motifs is 1. The second-order valence-electron chi connectivity index (χ2n) is 3.63. The van der Waals surface area contributed by atoms with E-state index >= 15 is 0 Å². The van der Waals surface area contributed by atoms with Crippen molar-refractivity contribution in [3.8, 4) is 11.4 Å². The van der Waals surface area contributed by atoms with E-state index in [2.05, 4.69) is 32.0 Å². The van der Waals surface area contributed by atoms with E-state index in [9.17, 15) is 0 Å². The number of nitrogens with one attached hydrogen (secondary N) is 1. The van der Waals surface area contributed by atoms with Crippen molar-refractivity contribution in [3.05, 3.63) is 36.4 Å². The summed E-state index contributed by atoms with van der Waals surface area (Å²) in [6.45, 7) is 2.99. The van der Waals surface area contributed by atoms with E-state index in [1.807, 2.05) is 6.07 Å². The van der Waals surface area contributed by atoms with Crippen molar-refractivity contribution in [2.24, 2.45) is 0 Å². The fourth-order valence-corrected chi connectivity index (χ4v) is 2.00. The average Bonchev–Trinajstić information content (AvgIpc) is 2.74. The summed E-state index contributed by atoms with van der Waals surface area (Å²) in [4.78, 5) is 8.21. The highest BCUT2D eigenvalue weighted by atomic mass is 15.1. The van der Waals surface area contributed by atoms with Gasteiger partial charge in [-0.2, -0.15) is 0 Å². The smallest absolute Gasteiger partial charge is 0.116 e. The molecule has 0 fully saturated rings. The lowest BCUT2D eigenvalue weighted by Gasteiger charge is -2.18. The summed E-state index contributed by atoms with van der Waals surface area (Å²) in [5.74, 6) is 0. The quantitative estimate of drug-likeness (QED) is 0.748. The lowest BCUT2D eigenvalue weighted by molar-refractivity contribution is 0.520. The summed E-state index contributed by atoms with van der Waals surface area (Å²) >= 11 is 0. The Morgan fingerprint density at radius 2 is 2.27 bits per heavy atom. The normalized spacial score (nSPS) is 14.9. The lowest BCUT2D eigenvalue weighted by Crippen LogP contribution is -2.27. The lowest BCUT2D eigenvalue weighted by atomic mass is 10.3. The van der Waals surface area contributed by atoms with Crippen LogP contribution < -0.4 is 5.32 Å². The number of rotatable bonds is 1. The predicted octanol–water partition coefficient (Wildman–Crippen LogP) is 1.05. The van der Waals surface area contributed by atoms with E-state index in [1.54, 1.807) is 12.5 Å². The summed E-state index contributed by atoms with van der Waals surface area (Å²) in [6.07, 6.45) is 3.37. The molecule has 0 saturated carbocycles. The molecule has 2 aromatic heterocycles. The maximum atomic E-state index is 4.28. The van der Waals surface area contributed by atoms with Crippen LogP contribution in [0.5, 0.6) is 0 Å². The van der Waals surface area contributed by atoms with Gasteiger partial charge in [0.15, 0.2) is 0 Å². The minimum atomic E-state index is 0.949. The highest BCUT2D eigenvalue weighted by Crippen LogP contribution is 2.21. The number of hydrogen-bond donors (Lipinski definition) is 1. The zero-order chi connectivity index (χ0) is 10.1. The van der Waals surface area contributed by atoms with Crippen LogP contribution in [0.15, 0.2) is 30.7 Å². The second-order valence-corrected chi connectivity index (χ2v) is 3.63. The van der Waals surface area contributed by atoms with E-state index in [0.29, 0.717) is 0 Å². The van der Waals surface area contributed by atoms with Crippen molar-refractivity contribution in [2.45, 2.75) is 13.1 Å².